The number of nitrogens with two attached hydrogens (primary N) is 1. The maximum Gasteiger partial charge on any atom is 0.185 e. The van der Waals surface area contributed by atoms with Gasteiger partial charge in [-0.2, -0.15) is 0 Å². The van der Waals surface area contributed by atoms with Crippen molar-refractivity contribution in [3.05, 3.63) is 53.5 Å². The molecule has 0 bridgehead atoms. The molecule has 1 aromatic carbocycles. The van der Waals surface area contributed by atoms with E-state index in [1.165, 1.54) is 19.2 Å². The van der Waals surface area contributed by atoms with Crippen molar-refractivity contribution in [1.29, 1.82) is 0 Å². The number of carbonyl (C=O) groups is 1. The van der Waals surface area contributed by atoms with E-state index in [1.54, 1.807) is 13.2 Å². The molecule has 1 heterocycles. The van der Waals surface area contributed by atoms with E-state index in [4.69, 9.17) is 10.5 Å². The summed E-state index contributed by atoms with van der Waals surface area (Å²) in [5.41, 5.74) is 8.08. The van der Waals surface area contributed by atoms with Crippen LogP contribution < -0.4 is 10.6 Å². The molecular weight excluding hydrogens is 328 g/mol. The number of aromatic nitrogens is 2. The molecule has 2 aromatic rings. The molecule has 26 heavy (non-hydrogen) atoms. The molecule has 0 aliphatic heterocycles. The SMILES string of the molecule is COCCN(CC1CC1)c1cc(C(=O)Cc2ccc(CN)cc2)ncn1. The van der Waals surface area contributed by atoms with Crippen LogP contribution in [0.1, 0.15) is 34.5 Å². The van der Waals surface area contributed by atoms with E-state index in [0.717, 1.165) is 36.0 Å². The Hall–Kier alpha value is -2.31. The van der Waals surface area contributed by atoms with Gasteiger partial charge in [0.2, 0.25) is 0 Å². The normalized spacial score (nSPS) is 13.6. The Morgan fingerprint density at radius 1 is 1.23 bits per heavy atom. The van der Waals surface area contributed by atoms with Crippen molar-refractivity contribution in [2.75, 3.05) is 31.7 Å². The average molecular weight is 354 g/mol. The third kappa shape index (κ3) is 5.09. The summed E-state index contributed by atoms with van der Waals surface area (Å²) < 4.78 is 5.21. The summed E-state index contributed by atoms with van der Waals surface area (Å²) in [5.74, 6) is 1.51. The van der Waals surface area contributed by atoms with Crippen molar-refractivity contribution in [1.82, 2.24) is 9.97 Å². The highest BCUT2D eigenvalue weighted by Gasteiger charge is 2.25. The molecule has 1 aliphatic rings. The Bertz CT molecular complexity index is 729. The number of ether oxygens (including phenoxy) is 1. The topological polar surface area (TPSA) is 81.3 Å². The van der Waals surface area contributed by atoms with Crippen LogP contribution in [-0.2, 0) is 17.7 Å². The van der Waals surface area contributed by atoms with Crippen molar-refractivity contribution in [2.24, 2.45) is 11.7 Å². The Morgan fingerprint density at radius 3 is 2.62 bits per heavy atom. The van der Waals surface area contributed by atoms with Crippen molar-refractivity contribution in [3.63, 3.8) is 0 Å². The lowest BCUT2D eigenvalue weighted by molar-refractivity contribution is 0.0988. The van der Waals surface area contributed by atoms with E-state index in [9.17, 15) is 4.79 Å². The molecule has 0 radical (unpaired) electrons. The van der Waals surface area contributed by atoms with Crippen LogP contribution in [-0.4, -0.2) is 42.6 Å². The third-order valence-corrected chi connectivity index (χ3v) is 4.63. The van der Waals surface area contributed by atoms with E-state index in [-0.39, 0.29) is 5.78 Å². The fraction of sp³-hybridized carbons (Fsp3) is 0.450. The molecule has 1 aromatic heterocycles. The molecule has 6 heteroatoms. The lowest BCUT2D eigenvalue weighted by atomic mass is 10.0. The highest BCUT2D eigenvalue weighted by Crippen LogP contribution is 2.31. The van der Waals surface area contributed by atoms with Crippen molar-refractivity contribution < 1.29 is 9.53 Å². The van der Waals surface area contributed by atoms with E-state index in [0.29, 0.717) is 25.3 Å². The summed E-state index contributed by atoms with van der Waals surface area (Å²) >= 11 is 0. The number of carbonyl (C=O) groups excluding carboxylic acids is 1. The lowest BCUT2D eigenvalue weighted by Gasteiger charge is -2.23. The number of benzene rings is 1. The van der Waals surface area contributed by atoms with E-state index < -0.39 is 0 Å². The van der Waals surface area contributed by atoms with Crippen LogP contribution in [0.3, 0.4) is 0 Å². The maximum absolute atomic E-state index is 12.6. The van der Waals surface area contributed by atoms with Gasteiger partial charge in [0, 0.05) is 39.2 Å². The molecular formula is C20H26N4O2. The van der Waals surface area contributed by atoms with Gasteiger partial charge in [0.25, 0.3) is 0 Å². The first-order valence-electron chi connectivity index (χ1n) is 9.06. The first-order valence-corrected chi connectivity index (χ1v) is 9.06. The summed E-state index contributed by atoms with van der Waals surface area (Å²) in [7, 11) is 1.69. The number of anilines is 1. The lowest BCUT2D eigenvalue weighted by Crippen LogP contribution is -2.30. The minimum absolute atomic E-state index is 0.00716. The Kier molecular flexibility index (Phi) is 6.30. The number of Topliss-reactive ketones (excluding diaryl/α,β-unsaturated/α-hetero) is 1. The molecule has 0 unspecified atom stereocenters. The molecule has 3 rings (SSSR count). The molecule has 2 N–H and O–H groups in total. The summed E-state index contributed by atoms with van der Waals surface area (Å²) in [6.45, 7) is 2.85. The number of ketones is 1. The van der Waals surface area contributed by atoms with Crippen molar-refractivity contribution >= 4 is 11.6 Å². The molecule has 138 valence electrons. The largest absolute Gasteiger partial charge is 0.383 e. The van der Waals surface area contributed by atoms with Gasteiger partial charge in [-0.05, 0) is 29.9 Å². The minimum Gasteiger partial charge on any atom is -0.383 e. The second-order valence-electron chi connectivity index (χ2n) is 6.76. The molecule has 0 amide bonds. The summed E-state index contributed by atoms with van der Waals surface area (Å²) in [6, 6.07) is 9.60. The Morgan fingerprint density at radius 2 is 1.96 bits per heavy atom. The van der Waals surface area contributed by atoms with Crippen molar-refractivity contribution in [3.8, 4) is 0 Å². The van der Waals surface area contributed by atoms with Crippen LogP contribution >= 0.6 is 0 Å². The first kappa shape index (κ1) is 18.5. The second-order valence-corrected chi connectivity index (χ2v) is 6.76. The zero-order valence-corrected chi connectivity index (χ0v) is 15.2. The molecule has 1 fully saturated rings. The molecule has 0 atom stereocenters. The standard InChI is InChI=1S/C20H26N4O2/c1-26-9-8-24(13-17-6-7-17)20-11-18(22-14-23-20)19(25)10-15-2-4-16(12-21)5-3-15/h2-5,11,14,17H,6-10,12-13,21H2,1H3. The molecule has 6 nitrogen and oxygen atoms in total. The zero-order chi connectivity index (χ0) is 18.4. The van der Waals surface area contributed by atoms with Crippen LogP contribution in [0, 0.1) is 5.92 Å². The molecule has 1 saturated carbocycles. The van der Waals surface area contributed by atoms with Crippen molar-refractivity contribution in [2.45, 2.75) is 25.8 Å². The fourth-order valence-electron chi connectivity index (χ4n) is 2.85. The number of hydrogen-bond acceptors (Lipinski definition) is 6. The fourth-order valence-corrected chi connectivity index (χ4v) is 2.85. The smallest absolute Gasteiger partial charge is 0.185 e. The van der Waals surface area contributed by atoms with E-state index in [1.807, 2.05) is 24.3 Å². The number of methoxy groups -OCH3 is 1. The zero-order valence-electron chi connectivity index (χ0n) is 15.2. The highest BCUT2D eigenvalue weighted by atomic mass is 16.5. The van der Waals surface area contributed by atoms with Gasteiger partial charge in [0.1, 0.15) is 17.8 Å². The number of hydrogen-bond donors (Lipinski definition) is 1. The minimum atomic E-state index is -0.00716. The first-order chi connectivity index (χ1) is 12.7. The monoisotopic (exact) mass is 354 g/mol. The van der Waals surface area contributed by atoms with Crippen LogP contribution in [0.4, 0.5) is 5.82 Å². The van der Waals surface area contributed by atoms with Crippen LogP contribution in [0.2, 0.25) is 0 Å². The van der Waals surface area contributed by atoms with Gasteiger partial charge in [-0.25, -0.2) is 9.97 Å². The van der Waals surface area contributed by atoms with Gasteiger partial charge in [0.05, 0.1) is 6.61 Å². The van der Waals surface area contributed by atoms with Crippen LogP contribution in [0.15, 0.2) is 36.7 Å². The Balaban J connectivity index is 1.70. The van der Waals surface area contributed by atoms with E-state index >= 15 is 0 Å². The predicted molar refractivity (Wildman–Crippen MR) is 101 cm³/mol. The third-order valence-electron chi connectivity index (χ3n) is 4.63. The summed E-state index contributed by atoms with van der Waals surface area (Å²) in [4.78, 5) is 23.4. The van der Waals surface area contributed by atoms with E-state index in [2.05, 4.69) is 14.9 Å². The van der Waals surface area contributed by atoms with Crippen LogP contribution in [0.5, 0.6) is 0 Å². The summed E-state index contributed by atoms with van der Waals surface area (Å²) in [6.07, 6.45) is 4.33. The number of rotatable bonds is 10. The number of nitrogens with zero attached hydrogens (tertiary/aromatic N) is 3. The average Bonchev–Trinajstić information content (AvgIpc) is 3.50. The van der Waals surface area contributed by atoms with Gasteiger partial charge >= 0.3 is 0 Å². The van der Waals surface area contributed by atoms with Gasteiger partial charge < -0.3 is 15.4 Å². The van der Waals surface area contributed by atoms with Crippen LogP contribution in [0.25, 0.3) is 0 Å². The second kappa shape index (κ2) is 8.87. The van der Waals surface area contributed by atoms with Gasteiger partial charge in [-0.1, -0.05) is 24.3 Å². The van der Waals surface area contributed by atoms with Gasteiger partial charge in [-0.15, -0.1) is 0 Å². The molecule has 0 spiro atoms. The predicted octanol–water partition coefficient (Wildman–Crippen LogP) is 2.22. The Labute approximate surface area is 154 Å². The highest BCUT2D eigenvalue weighted by molar-refractivity contribution is 5.96. The van der Waals surface area contributed by atoms with Gasteiger partial charge in [-0.3, -0.25) is 4.79 Å². The quantitative estimate of drug-likeness (QED) is 0.659. The molecule has 0 saturated heterocycles. The maximum atomic E-state index is 12.6. The molecule has 1 aliphatic carbocycles. The summed E-state index contributed by atoms with van der Waals surface area (Å²) in [5, 5.41) is 0. The van der Waals surface area contributed by atoms with Gasteiger partial charge in [0.15, 0.2) is 5.78 Å².